The second-order valence-electron chi connectivity index (χ2n) is 8.29. The molecule has 0 fully saturated rings. The van der Waals surface area contributed by atoms with Gasteiger partial charge in [0.15, 0.2) is 0 Å². The van der Waals surface area contributed by atoms with E-state index in [-0.39, 0.29) is 5.56 Å². The van der Waals surface area contributed by atoms with Gasteiger partial charge in [-0.25, -0.2) is 0 Å². The molecule has 3 rings (SSSR count). The van der Waals surface area contributed by atoms with Crippen molar-refractivity contribution in [1.29, 1.82) is 0 Å². The second kappa shape index (κ2) is 11.8. The highest BCUT2D eigenvalue weighted by Gasteiger charge is 2.61. The maximum absolute atomic E-state index is 14.5. The standard InChI is InChI=1S/C22H15F9N4O7S/c1-2-3-9-19(21(26,27)28,40-11-12-7-5-4-6-8-12)18-34-33-17(41-18)15-14(35(36)37)10-13(20(23,24)25)16(32-15)42-43(38,39)22(29,30)31/h2,4-8,10H,1,3,9,11H2. The normalized spacial score (nSPS) is 14.3. The molecule has 0 spiro atoms. The lowest BCUT2D eigenvalue weighted by molar-refractivity contribution is -0.384. The molecule has 234 valence electrons. The number of pyridine rings is 1. The smallest absolute Gasteiger partial charge is 0.415 e. The third-order valence-corrected chi connectivity index (χ3v) is 6.35. The van der Waals surface area contributed by atoms with Crippen LogP contribution in [0.15, 0.2) is 53.5 Å². The molecule has 43 heavy (non-hydrogen) atoms. The van der Waals surface area contributed by atoms with E-state index in [0.717, 1.165) is 6.08 Å². The van der Waals surface area contributed by atoms with E-state index in [1.807, 2.05) is 0 Å². The summed E-state index contributed by atoms with van der Waals surface area (Å²) in [6, 6.07) is 6.87. The Morgan fingerprint density at radius 1 is 1.02 bits per heavy atom. The molecule has 0 aliphatic heterocycles. The number of alkyl halides is 9. The molecular formula is C22H15F9N4O7S. The predicted molar refractivity (Wildman–Crippen MR) is 123 cm³/mol. The van der Waals surface area contributed by atoms with Crippen molar-refractivity contribution in [2.24, 2.45) is 0 Å². The molecule has 1 atom stereocenters. The fraction of sp³-hybridized carbons (Fsp3) is 0.318. The zero-order valence-electron chi connectivity index (χ0n) is 20.8. The van der Waals surface area contributed by atoms with E-state index >= 15 is 0 Å². The minimum Gasteiger partial charge on any atom is -0.415 e. The minimum absolute atomic E-state index is 0.238. The molecule has 0 aliphatic rings. The van der Waals surface area contributed by atoms with E-state index in [9.17, 15) is 58.0 Å². The molecule has 21 heteroatoms. The summed E-state index contributed by atoms with van der Waals surface area (Å²) in [6.07, 6.45) is -11.4. The molecule has 0 radical (unpaired) electrons. The summed E-state index contributed by atoms with van der Waals surface area (Å²) in [7, 11) is -6.82. The topological polar surface area (TPSA) is 148 Å². The molecular weight excluding hydrogens is 635 g/mol. The van der Waals surface area contributed by atoms with Crippen LogP contribution >= 0.6 is 0 Å². The Hall–Kier alpha value is -4.27. The molecule has 0 amide bonds. The van der Waals surface area contributed by atoms with Gasteiger partial charge in [0, 0.05) is 6.07 Å². The van der Waals surface area contributed by atoms with Crippen molar-refractivity contribution in [3.05, 3.63) is 76.2 Å². The number of nitrogens with zero attached hydrogens (tertiary/aromatic N) is 4. The SMILES string of the molecule is C=CCCC(OCc1ccccc1)(c1nnc(-c2nc(OS(=O)(=O)C(F)(F)F)c(C(F)(F)F)cc2[N+](=O)[O-])o1)C(F)(F)F. The molecule has 3 aromatic rings. The highest BCUT2D eigenvalue weighted by molar-refractivity contribution is 7.87. The second-order valence-corrected chi connectivity index (χ2v) is 9.82. The largest absolute Gasteiger partial charge is 0.534 e. The summed E-state index contributed by atoms with van der Waals surface area (Å²) in [6.45, 7) is 2.61. The Morgan fingerprint density at radius 3 is 2.16 bits per heavy atom. The Bertz CT molecular complexity index is 1590. The van der Waals surface area contributed by atoms with Crippen molar-refractivity contribution >= 4 is 15.8 Å². The fourth-order valence-corrected chi connectivity index (χ4v) is 3.78. The molecule has 0 bridgehead atoms. The predicted octanol–water partition coefficient (Wildman–Crippen LogP) is 6.23. The monoisotopic (exact) mass is 650 g/mol. The van der Waals surface area contributed by atoms with E-state index in [1.54, 1.807) is 6.07 Å². The third kappa shape index (κ3) is 7.04. The van der Waals surface area contributed by atoms with Crippen LogP contribution in [0.3, 0.4) is 0 Å². The summed E-state index contributed by atoms with van der Waals surface area (Å²) < 4.78 is 159. The Balaban J connectivity index is 2.24. The number of allylic oxidation sites excluding steroid dienone is 1. The maximum Gasteiger partial charge on any atom is 0.534 e. The number of hydrogen-bond donors (Lipinski definition) is 0. The van der Waals surface area contributed by atoms with E-state index in [2.05, 4.69) is 25.9 Å². The molecule has 1 aromatic carbocycles. The Labute approximate surface area is 234 Å². The van der Waals surface area contributed by atoms with Crippen LogP contribution in [0.4, 0.5) is 45.2 Å². The van der Waals surface area contributed by atoms with Gasteiger partial charge >= 0.3 is 33.7 Å². The van der Waals surface area contributed by atoms with Crippen LogP contribution in [0.25, 0.3) is 11.6 Å². The lowest BCUT2D eigenvalue weighted by Crippen LogP contribution is -2.45. The molecule has 0 saturated carbocycles. The van der Waals surface area contributed by atoms with E-state index in [1.165, 1.54) is 24.3 Å². The number of rotatable bonds is 11. The Morgan fingerprint density at radius 2 is 1.65 bits per heavy atom. The first-order chi connectivity index (χ1) is 19.7. The van der Waals surface area contributed by atoms with Crippen molar-refractivity contribution < 1.29 is 66.2 Å². The zero-order chi connectivity index (χ0) is 32.4. The minimum atomic E-state index is -6.82. The van der Waals surface area contributed by atoms with Crippen LogP contribution in [0.1, 0.15) is 29.9 Å². The molecule has 1 unspecified atom stereocenters. The molecule has 2 aromatic heterocycles. The van der Waals surface area contributed by atoms with Gasteiger partial charge in [-0.1, -0.05) is 36.4 Å². The fourth-order valence-electron chi connectivity index (χ4n) is 3.35. The van der Waals surface area contributed by atoms with Crippen LogP contribution in [-0.4, -0.2) is 40.2 Å². The van der Waals surface area contributed by atoms with E-state index in [4.69, 9.17) is 9.15 Å². The van der Waals surface area contributed by atoms with Crippen LogP contribution in [0.5, 0.6) is 5.88 Å². The molecule has 0 aliphatic carbocycles. The first-order valence-electron chi connectivity index (χ1n) is 11.2. The van der Waals surface area contributed by atoms with Gasteiger partial charge in [0.25, 0.3) is 11.8 Å². The summed E-state index contributed by atoms with van der Waals surface area (Å²) in [4.78, 5) is 12.8. The van der Waals surface area contributed by atoms with Crippen LogP contribution in [0.2, 0.25) is 0 Å². The average molecular weight is 650 g/mol. The van der Waals surface area contributed by atoms with E-state index in [0.29, 0.717) is 0 Å². The van der Waals surface area contributed by atoms with Gasteiger partial charge in [0.05, 0.1) is 11.5 Å². The quantitative estimate of drug-likeness (QED) is 0.0584. The number of ether oxygens (including phenoxy) is 1. The van der Waals surface area contributed by atoms with Crippen molar-refractivity contribution in [3.63, 3.8) is 0 Å². The Kier molecular flexibility index (Phi) is 9.11. The lowest BCUT2D eigenvalue weighted by Gasteiger charge is -2.32. The number of hydrogen-bond acceptors (Lipinski definition) is 10. The lowest BCUT2D eigenvalue weighted by atomic mass is 9.96. The average Bonchev–Trinajstić information content (AvgIpc) is 3.37. The van der Waals surface area contributed by atoms with Crippen molar-refractivity contribution in [2.45, 2.75) is 42.9 Å². The van der Waals surface area contributed by atoms with Crippen LogP contribution < -0.4 is 4.18 Å². The first kappa shape index (κ1) is 33.2. The van der Waals surface area contributed by atoms with Gasteiger partial charge in [-0.05, 0) is 18.4 Å². The van der Waals surface area contributed by atoms with Crippen LogP contribution in [0, 0.1) is 10.1 Å². The zero-order valence-corrected chi connectivity index (χ0v) is 21.6. The summed E-state index contributed by atoms with van der Waals surface area (Å²) in [5, 5.41) is 17.9. The molecule has 0 saturated heterocycles. The van der Waals surface area contributed by atoms with Crippen molar-refractivity contribution in [3.8, 4) is 17.5 Å². The van der Waals surface area contributed by atoms with Crippen LogP contribution in [-0.2, 0) is 33.2 Å². The molecule has 2 heterocycles. The summed E-state index contributed by atoms with van der Waals surface area (Å²) in [5.74, 6) is -5.20. The van der Waals surface area contributed by atoms with Gasteiger partial charge in [-0.15, -0.1) is 16.8 Å². The van der Waals surface area contributed by atoms with E-state index < -0.39 is 98.6 Å². The van der Waals surface area contributed by atoms with Gasteiger partial charge < -0.3 is 13.3 Å². The van der Waals surface area contributed by atoms with Gasteiger partial charge in [-0.3, -0.25) is 10.1 Å². The number of aromatic nitrogens is 3. The maximum atomic E-state index is 14.5. The summed E-state index contributed by atoms with van der Waals surface area (Å²) in [5.41, 5.74) is -15.2. The third-order valence-electron chi connectivity index (χ3n) is 5.40. The molecule has 0 N–H and O–H groups in total. The molecule has 11 nitrogen and oxygen atoms in total. The first-order valence-corrected chi connectivity index (χ1v) is 12.6. The van der Waals surface area contributed by atoms with Gasteiger partial charge in [-0.2, -0.15) is 52.9 Å². The highest BCUT2D eigenvalue weighted by atomic mass is 32.2. The number of nitro groups is 1. The summed E-state index contributed by atoms with van der Waals surface area (Å²) >= 11 is 0. The highest BCUT2D eigenvalue weighted by Crippen LogP contribution is 2.47. The van der Waals surface area contributed by atoms with Crippen molar-refractivity contribution in [2.75, 3.05) is 0 Å². The van der Waals surface area contributed by atoms with Gasteiger partial charge in [0.2, 0.25) is 17.2 Å². The number of halogens is 9. The van der Waals surface area contributed by atoms with Gasteiger partial charge in [0.1, 0.15) is 5.56 Å². The number of benzene rings is 1. The van der Waals surface area contributed by atoms with Crippen molar-refractivity contribution in [1.82, 2.24) is 15.2 Å².